The van der Waals surface area contributed by atoms with Gasteiger partial charge in [0.2, 0.25) is 0 Å². The van der Waals surface area contributed by atoms with Crippen molar-refractivity contribution in [2.24, 2.45) is 5.92 Å². The summed E-state index contributed by atoms with van der Waals surface area (Å²) in [6.45, 7) is 5.93. The standard InChI is InChI=1S/C21H24N6O4/c1-4-21-14(3)16(27-19(21)22-23-24-27)18(31-21)25-10-13(2)17(28)26(20(25)29)12-30-11-15-8-6-5-7-9-15/h5-10,14,16,18H,4,11-12H2,1-3H3/t14?,16-,18+,21-/m0/s1. The maximum absolute atomic E-state index is 13.3. The highest BCUT2D eigenvalue weighted by Crippen LogP contribution is 2.59. The van der Waals surface area contributed by atoms with Gasteiger partial charge in [-0.25, -0.2) is 14.0 Å². The van der Waals surface area contributed by atoms with Crippen LogP contribution in [-0.4, -0.2) is 29.3 Å². The molecule has 1 fully saturated rings. The van der Waals surface area contributed by atoms with Crippen LogP contribution in [0.1, 0.15) is 49.5 Å². The molecule has 2 bridgehead atoms. The van der Waals surface area contributed by atoms with E-state index in [4.69, 9.17) is 9.47 Å². The predicted octanol–water partition coefficient (Wildman–Crippen LogP) is 1.50. The van der Waals surface area contributed by atoms with Crippen molar-refractivity contribution in [2.45, 2.75) is 58.4 Å². The first-order valence-electron chi connectivity index (χ1n) is 10.4. The van der Waals surface area contributed by atoms with Gasteiger partial charge in [-0.15, -0.1) is 5.10 Å². The zero-order valence-corrected chi connectivity index (χ0v) is 17.6. The highest BCUT2D eigenvalue weighted by molar-refractivity contribution is 5.18. The Bertz CT molecular complexity index is 1230. The molecule has 10 heteroatoms. The molecule has 4 heterocycles. The van der Waals surface area contributed by atoms with E-state index < -0.39 is 17.5 Å². The maximum Gasteiger partial charge on any atom is 0.335 e. The van der Waals surface area contributed by atoms with Crippen molar-refractivity contribution >= 4 is 0 Å². The van der Waals surface area contributed by atoms with Crippen LogP contribution < -0.4 is 11.2 Å². The molecule has 1 saturated heterocycles. The van der Waals surface area contributed by atoms with Gasteiger partial charge in [-0.05, 0) is 29.3 Å². The number of aryl methyl sites for hydroxylation is 1. The Hall–Kier alpha value is -3.11. The van der Waals surface area contributed by atoms with E-state index in [1.54, 1.807) is 17.8 Å². The van der Waals surface area contributed by atoms with Gasteiger partial charge in [-0.3, -0.25) is 9.36 Å². The van der Waals surface area contributed by atoms with Crippen LogP contribution >= 0.6 is 0 Å². The molecular weight excluding hydrogens is 400 g/mol. The topological polar surface area (TPSA) is 106 Å². The molecule has 0 saturated carbocycles. The van der Waals surface area contributed by atoms with Gasteiger partial charge in [0.25, 0.3) is 5.56 Å². The molecule has 0 N–H and O–H groups in total. The molecule has 10 nitrogen and oxygen atoms in total. The zero-order valence-electron chi connectivity index (χ0n) is 17.6. The summed E-state index contributed by atoms with van der Waals surface area (Å²) in [6, 6.07) is 9.36. The van der Waals surface area contributed by atoms with Crippen molar-refractivity contribution < 1.29 is 9.47 Å². The van der Waals surface area contributed by atoms with Crippen LogP contribution in [-0.2, 0) is 28.4 Å². The minimum absolute atomic E-state index is 0.0578. The fraction of sp³-hybridized carbons (Fsp3) is 0.476. The minimum atomic E-state index is -0.656. The Morgan fingerprint density at radius 1 is 1.23 bits per heavy atom. The summed E-state index contributed by atoms with van der Waals surface area (Å²) >= 11 is 0. The lowest BCUT2D eigenvalue weighted by Crippen LogP contribution is -2.44. The molecule has 0 aliphatic carbocycles. The smallest absolute Gasteiger partial charge is 0.335 e. The Morgan fingerprint density at radius 3 is 2.74 bits per heavy atom. The lowest BCUT2D eigenvalue weighted by Gasteiger charge is -2.30. The van der Waals surface area contributed by atoms with E-state index in [2.05, 4.69) is 22.4 Å². The third kappa shape index (κ3) is 2.82. The minimum Gasteiger partial charge on any atom is -0.356 e. The number of fused-ring (bicyclic) bond motifs is 5. The second-order valence-electron chi connectivity index (χ2n) is 8.18. The third-order valence-corrected chi connectivity index (χ3v) is 6.52. The predicted molar refractivity (Wildman–Crippen MR) is 109 cm³/mol. The molecule has 0 spiro atoms. The summed E-state index contributed by atoms with van der Waals surface area (Å²) in [4.78, 5) is 26.0. The van der Waals surface area contributed by atoms with Crippen LogP contribution in [0.5, 0.6) is 0 Å². The molecule has 162 valence electrons. The molecule has 1 unspecified atom stereocenters. The number of hydrogen-bond donors (Lipinski definition) is 0. The summed E-state index contributed by atoms with van der Waals surface area (Å²) < 4.78 is 16.4. The van der Waals surface area contributed by atoms with Gasteiger partial charge in [0, 0.05) is 17.7 Å². The van der Waals surface area contributed by atoms with Crippen molar-refractivity contribution in [3.8, 4) is 0 Å². The summed E-state index contributed by atoms with van der Waals surface area (Å²) in [5.74, 6) is 0.746. The van der Waals surface area contributed by atoms with Crippen LogP contribution in [0, 0.1) is 12.8 Å². The molecule has 4 atom stereocenters. The first kappa shape index (κ1) is 19.8. The Balaban J connectivity index is 1.49. The number of rotatable bonds is 6. The van der Waals surface area contributed by atoms with E-state index in [0.29, 0.717) is 24.4 Å². The number of nitrogens with zero attached hydrogens (tertiary/aromatic N) is 6. The number of aromatic nitrogens is 6. The molecule has 1 aromatic carbocycles. The van der Waals surface area contributed by atoms with Gasteiger partial charge < -0.3 is 9.47 Å². The van der Waals surface area contributed by atoms with Crippen molar-refractivity contribution in [2.75, 3.05) is 0 Å². The van der Waals surface area contributed by atoms with Crippen LogP contribution in [0.25, 0.3) is 0 Å². The van der Waals surface area contributed by atoms with Gasteiger partial charge in [0.15, 0.2) is 12.1 Å². The van der Waals surface area contributed by atoms with Gasteiger partial charge in [-0.1, -0.05) is 44.2 Å². The van der Waals surface area contributed by atoms with Crippen molar-refractivity contribution in [3.05, 3.63) is 74.3 Å². The van der Waals surface area contributed by atoms with Crippen molar-refractivity contribution in [1.82, 2.24) is 29.3 Å². The molecule has 0 radical (unpaired) electrons. The average molecular weight is 424 g/mol. The van der Waals surface area contributed by atoms with E-state index in [1.165, 1.54) is 4.57 Å². The van der Waals surface area contributed by atoms with E-state index in [9.17, 15) is 9.59 Å². The van der Waals surface area contributed by atoms with Crippen LogP contribution in [0.15, 0.2) is 46.1 Å². The zero-order chi connectivity index (χ0) is 21.8. The normalized spacial score (nSPS) is 26.4. The highest BCUT2D eigenvalue weighted by Gasteiger charge is 2.63. The molecule has 0 amide bonds. The second-order valence-corrected chi connectivity index (χ2v) is 8.18. The summed E-state index contributed by atoms with van der Waals surface area (Å²) in [5.41, 5.74) is -0.112. The van der Waals surface area contributed by atoms with Crippen molar-refractivity contribution in [3.63, 3.8) is 0 Å². The Kier molecular flexibility index (Phi) is 4.63. The summed E-state index contributed by atoms with van der Waals surface area (Å²) in [7, 11) is 0. The molecule has 2 aliphatic heterocycles. The average Bonchev–Trinajstić information content (AvgIpc) is 3.43. The van der Waals surface area contributed by atoms with E-state index in [1.807, 2.05) is 37.3 Å². The number of benzene rings is 1. The van der Waals surface area contributed by atoms with Gasteiger partial charge in [-0.2, -0.15) is 0 Å². The van der Waals surface area contributed by atoms with Crippen LogP contribution in [0.2, 0.25) is 0 Å². The molecule has 31 heavy (non-hydrogen) atoms. The quantitative estimate of drug-likeness (QED) is 0.590. The van der Waals surface area contributed by atoms with Gasteiger partial charge in [0.1, 0.15) is 18.4 Å². The molecule has 3 aromatic rings. The monoisotopic (exact) mass is 424 g/mol. The van der Waals surface area contributed by atoms with Gasteiger partial charge in [0.05, 0.1) is 6.61 Å². The fourth-order valence-electron chi connectivity index (χ4n) is 4.85. The number of ether oxygens (including phenoxy) is 2. The highest BCUT2D eigenvalue weighted by atomic mass is 16.5. The summed E-state index contributed by atoms with van der Waals surface area (Å²) in [6.07, 6.45) is 1.62. The molecule has 2 aliphatic rings. The molecule has 5 rings (SSSR count). The number of tetrazole rings is 1. The van der Waals surface area contributed by atoms with Crippen molar-refractivity contribution in [1.29, 1.82) is 0 Å². The Morgan fingerprint density at radius 2 is 2.00 bits per heavy atom. The lowest BCUT2D eigenvalue weighted by atomic mass is 9.87. The van der Waals surface area contributed by atoms with E-state index in [0.717, 1.165) is 10.1 Å². The van der Waals surface area contributed by atoms with Gasteiger partial charge >= 0.3 is 5.69 Å². The summed E-state index contributed by atoms with van der Waals surface area (Å²) in [5, 5.41) is 12.1. The van der Waals surface area contributed by atoms with E-state index in [-0.39, 0.29) is 24.2 Å². The SMILES string of the molecule is CC[C@]12O[C@@H](n3cc(C)c(=O)n(COCc4ccccc4)c3=O)[C@H](C1C)n1nnnc12. The largest absolute Gasteiger partial charge is 0.356 e. The van der Waals surface area contributed by atoms with E-state index >= 15 is 0 Å². The second kappa shape index (κ2) is 7.24. The first-order chi connectivity index (χ1) is 15.0. The van der Waals surface area contributed by atoms with Crippen LogP contribution in [0.4, 0.5) is 0 Å². The first-order valence-corrected chi connectivity index (χ1v) is 10.4. The Labute approximate surface area is 178 Å². The maximum atomic E-state index is 13.3. The molecule has 2 aromatic heterocycles. The van der Waals surface area contributed by atoms with Crippen LogP contribution in [0.3, 0.4) is 0 Å². The fourth-order valence-corrected chi connectivity index (χ4v) is 4.85. The molecular formula is C21H24N6O4. The number of hydrogen-bond acceptors (Lipinski definition) is 7. The lowest BCUT2D eigenvalue weighted by molar-refractivity contribution is -0.115. The third-order valence-electron chi connectivity index (χ3n) is 6.52.